The summed E-state index contributed by atoms with van der Waals surface area (Å²) in [6, 6.07) is 12.3. The van der Waals surface area contributed by atoms with Crippen molar-refractivity contribution in [3.05, 3.63) is 59.9 Å². The molecule has 0 spiro atoms. The van der Waals surface area contributed by atoms with E-state index in [4.69, 9.17) is 0 Å². The highest BCUT2D eigenvalue weighted by Gasteiger charge is 2.53. The smallest absolute Gasteiger partial charge is 0.259 e. The first-order valence-corrected chi connectivity index (χ1v) is 10.5. The highest BCUT2D eigenvalue weighted by atomic mass is 16.3. The maximum Gasteiger partial charge on any atom is 0.259 e. The Kier molecular flexibility index (Phi) is 4.65. The average Bonchev–Trinajstić information content (AvgIpc) is 3.25. The van der Waals surface area contributed by atoms with Crippen LogP contribution in [0.4, 0.5) is 5.69 Å². The Morgan fingerprint density at radius 2 is 1.96 bits per heavy atom. The summed E-state index contributed by atoms with van der Waals surface area (Å²) < 4.78 is 0. The molecule has 0 unspecified atom stereocenters. The van der Waals surface area contributed by atoms with Crippen molar-refractivity contribution in [1.29, 1.82) is 0 Å². The number of anilines is 1. The maximum atomic E-state index is 13.3. The van der Waals surface area contributed by atoms with E-state index in [9.17, 15) is 9.90 Å². The standard InChI is InChI=1S/C23H27N3O2/c27-15-21-22-18-9-3-4-10-19(18)26(23(28)17-8-5-11-24-12-17)14-20(22)25(21)13-16-6-1-2-7-16/h3-5,8-12,16,20-22,27H,1-2,6-7,13-15H2/t20-,21+,22+/m1/s1. The fraction of sp³-hybridized carbons (Fsp3) is 0.478. The first kappa shape index (κ1) is 17.8. The number of fused-ring (bicyclic) bond motifs is 3. The summed E-state index contributed by atoms with van der Waals surface area (Å²) in [5, 5.41) is 10.1. The van der Waals surface area contributed by atoms with Gasteiger partial charge in [0.1, 0.15) is 0 Å². The number of pyridine rings is 1. The van der Waals surface area contributed by atoms with Gasteiger partial charge in [0.25, 0.3) is 5.91 Å². The maximum absolute atomic E-state index is 13.3. The SMILES string of the molecule is O=C(c1cccnc1)N1C[C@@H]2[C@H](c3ccccc31)[C@H](CO)N2CC1CCCC1. The second-order valence-electron chi connectivity index (χ2n) is 8.41. The molecule has 0 radical (unpaired) electrons. The van der Waals surface area contributed by atoms with Crippen LogP contribution in [0.2, 0.25) is 0 Å². The van der Waals surface area contributed by atoms with Crippen LogP contribution in [0.25, 0.3) is 0 Å². The predicted molar refractivity (Wildman–Crippen MR) is 108 cm³/mol. The lowest BCUT2D eigenvalue weighted by Gasteiger charge is -2.59. The molecule has 1 aromatic heterocycles. The van der Waals surface area contributed by atoms with Crippen molar-refractivity contribution in [2.45, 2.75) is 43.7 Å². The van der Waals surface area contributed by atoms with Gasteiger partial charge in [0.05, 0.1) is 12.2 Å². The first-order valence-electron chi connectivity index (χ1n) is 10.5. The largest absolute Gasteiger partial charge is 0.395 e. The van der Waals surface area contributed by atoms with Crippen LogP contribution in [-0.2, 0) is 0 Å². The lowest BCUT2D eigenvalue weighted by atomic mass is 9.71. The number of aliphatic hydroxyl groups excluding tert-OH is 1. The molecule has 2 aromatic rings. The molecule has 1 aromatic carbocycles. The number of likely N-dealkylation sites (tertiary alicyclic amines) is 1. The van der Waals surface area contributed by atoms with E-state index >= 15 is 0 Å². The molecule has 1 saturated heterocycles. The van der Waals surface area contributed by atoms with Gasteiger partial charge in [-0.1, -0.05) is 31.0 Å². The van der Waals surface area contributed by atoms with Gasteiger partial charge >= 0.3 is 0 Å². The fourth-order valence-electron chi connectivity index (χ4n) is 5.56. The minimum atomic E-state index is 0.00673. The highest BCUT2D eigenvalue weighted by molar-refractivity contribution is 6.06. The van der Waals surface area contributed by atoms with Crippen LogP contribution < -0.4 is 4.90 Å². The number of nitrogens with zero attached hydrogens (tertiary/aromatic N) is 3. The third-order valence-electron chi connectivity index (χ3n) is 6.92. The Morgan fingerprint density at radius 3 is 2.71 bits per heavy atom. The van der Waals surface area contributed by atoms with Gasteiger partial charge in [0.2, 0.25) is 0 Å². The van der Waals surface area contributed by atoms with Crippen molar-refractivity contribution in [2.75, 3.05) is 24.6 Å². The summed E-state index contributed by atoms with van der Waals surface area (Å²) in [5.74, 6) is 1.04. The van der Waals surface area contributed by atoms with Gasteiger partial charge in [-0.25, -0.2) is 0 Å². The summed E-state index contributed by atoms with van der Waals surface area (Å²) in [4.78, 5) is 21.8. The summed E-state index contributed by atoms with van der Waals surface area (Å²) >= 11 is 0. The minimum absolute atomic E-state index is 0.00673. The third kappa shape index (κ3) is 2.85. The van der Waals surface area contributed by atoms with Crippen molar-refractivity contribution < 1.29 is 9.90 Å². The Morgan fingerprint density at radius 1 is 1.14 bits per heavy atom. The molecule has 3 heterocycles. The number of rotatable bonds is 4. The van der Waals surface area contributed by atoms with Gasteiger partial charge < -0.3 is 10.0 Å². The second kappa shape index (κ2) is 7.30. The Balaban J connectivity index is 1.47. The van der Waals surface area contributed by atoms with E-state index in [1.54, 1.807) is 12.4 Å². The van der Waals surface area contributed by atoms with Gasteiger partial charge in [-0.3, -0.25) is 14.7 Å². The molecule has 5 rings (SSSR count). The first-order chi connectivity index (χ1) is 13.8. The molecule has 2 aliphatic heterocycles. The molecule has 28 heavy (non-hydrogen) atoms. The molecule has 1 amide bonds. The second-order valence-corrected chi connectivity index (χ2v) is 8.41. The van der Waals surface area contributed by atoms with E-state index in [0.717, 1.165) is 18.2 Å². The van der Waals surface area contributed by atoms with E-state index in [0.29, 0.717) is 18.0 Å². The van der Waals surface area contributed by atoms with Crippen LogP contribution >= 0.6 is 0 Å². The lowest BCUT2D eigenvalue weighted by Crippen LogP contribution is -2.69. The monoisotopic (exact) mass is 377 g/mol. The van der Waals surface area contributed by atoms with E-state index in [1.807, 2.05) is 35.2 Å². The zero-order valence-corrected chi connectivity index (χ0v) is 16.1. The minimum Gasteiger partial charge on any atom is -0.395 e. The Bertz CT molecular complexity index is 850. The molecule has 3 aliphatic rings. The fourth-order valence-corrected chi connectivity index (χ4v) is 5.56. The molecular weight excluding hydrogens is 350 g/mol. The molecule has 5 nitrogen and oxygen atoms in total. The van der Waals surface area contributed by atoms with Crippen LogP contribution in [0, 0.1) is 5.92 Å². The van der Waals surface area contributed by atoms with Crippen molar-refractivity contribution in [2.24, 2.45) is 5.92 Å². The highest BCUT2D eigenvalue weighted by Crippen LogP contribution is 2.49. The van der Waals surface area contributed by atoms with Gasteiger partial charge in [-0.2, -0.15) is 0 Å². The normalized spacial score (nSPS) is 27.2. The summed E-state index contributed by atoms with van der Waals surface area (Å²) in [6.45, 7) is 1.90. The zero-order valence-electron chi connectivity index (χ0n) is 16.1. The number of carbonyl (C=O) groups is 1. The molecule has 0 bridgehead atoms. The summed E-state index contributed by atoms with van der Waals surface area (Å²) in [6.07, 6.45) is 8.57. The van der Waals surface area contributed by atoms with Crippen molar-refractivity contribution in [3.8, 4) is 0 Å². The van der Waals surface area contributed by atoms with Crippen molar-refractivity contribution >= 4 is 11.6 Å². The topological polar surface area (TPSA) is 56.7 Å². The number of benzene rings is 1. The molecule has 146 valence electrons. The molecule has 1 aliphatic carbocycles. The number of hydrogen-bond donors (Lipinski definition) is 1. The van der Waals surface area contributed by atoms with E-state index in [-0.39, 0.29) is 24.6 Å². The van der Waals surface area contributed by atoms with E-state index in [1.165, 1.54) is 31.2 Å². The average molecular weight is 377 g/mol. The molecule has 1 N–H and O–H groups in total. The van der Waals surface area contributed by atoms with Crippen molar-refractivity contribution in [3.63, 3.8) is 0 Å². The van der Waals surface area contributed by atoms with Crippen LogP contribution in [-0.4, -0.2) is 52.7 Å². The van der Waals surface area contributed by atoms with Gasteiger partial charge in [-0.05, 0) is 42.5 Å². The van der Waals surface area contributed by atoms with Crippen molar-refractivity contribution in [1.82, 2.24) is 9.88 Å². The van der Waals surface area contributed by atoms with E-state index in [2.05, 4.69) is 16.0 Å². The molecule has 3 atom stereocenters. The molecule has 2 fully saturated rings. The third-order valence-corrected chi connectivity index (χ3v) is 6.92. The Hall–Kier alpha value is -2.24. The quantitative estimate of drug-likeness (QED) is 0.890. The van der Waals surface area contributed by atoms with Crippen LogP contribution in [0.3, 0.4) is 0 Å². The number of aromatic nitrogens is 1. The number of aliphatic hydroxyl groups is 1. The number of amides is 1. The molecular formula is C23H27N3O2. The van der Waals surface area contributed by atoms with Crippen LogP contribution in [0.1, 0.15) is 47.5 Å². The van der Waals surface area contributed by atoms with Gasteiger partial charge in [0.15, 0.2) is 0 Å². The number of carbonyl (C=O) groups excluding carboxylic acids is 1. The molecule has 1 saturated carbocycles. The predicted octanol–water partition coefficient (Wildman–Crippen LogP) is 3.06. The van der Waals surface area contributed by atoms with E-state index < -0.39 is 0 Å². The lowest BCUT2D eigenvalue weighted by molar-refractivity contribution is -0.0513. The molecule has 5 heteroatoms. The summed E-state index contributed by atoms with van der Waals surface area (Å²) in [7, 11) is 0. The number of hydrogen-bond acceptors (Lipinski definition) is 4. The zero-order chi connectivity index (χ0) is 19.1. The van der Waals surface area contributed by atoms with Gasteiger partial charge in [-0.15, -0.1) is 0 Å². The van der Waals surface area contributed by atoms with Gasteiger partial charge in [0, 0.05) is 49.2 Å². The Labute approximate surface area is 166 Å². The number of para-hydroxylation sites is 1. The van der Waals surface area contributed by atoms with Crippen LogP contribution in [0.15, 0.2) is 48.8 Å². The summed E-state index contributed by atoms with van der Waals surface area (Å²) in [5.41, 5.74) is 2.80. The van der Waals surface area contributed by atoms with Crippen LogP contribution in [0.5, 0.6) is 0 Å².